The number of nitrogens with zero attached hydrogens (tertiary/aromatic N) is 3. The molecule has 1 rings (SSSR count). The zero-order chi connectivity index (χ0) is 10.8. The van der Waals surface area contributed by atoms with Crippen LogP contribution in [0.25, 0.3) is 0 Å². The Labute approximate surface area is 87.3 Å². The molecule has 1 fully saturated rings. The van der Waals surface area contributed by atoms with E-state index < -0.39 is 0 Å². The third-order valence-corrected chi connectivity index (χ3v) is 3.39. The quantitative estimate of drug-likeness (QED) is 0.665. The molecule has 3 nitrogen and oxygen atoms in total. The summed E-state index contributed by atoms with van der Waals surface area (Å²) in [4.78, 5) is 4.57. The standard InChI is InChI=1S/C11H21N3/c1-11(2,9-12)14(4)10-5-7-13(3)8-6-10/h10H,5-8H2,1-4H3. The molecular formula is C11H21N3. The van der Waals surface area contributed by atoms with Crippen molar-refractivity contribution in [3.63, 3.8) is 0 Å². The van der Waals surface area contributed by atoms with Crippen LogP contribution in [0.2, 0.25) is 0 Å². The Hall–Kier alpha value is -0.590. The fourth-order valence-corrected chi connectivity index (χ4v) is 1.92. The molecule has 0 aliphatic carbocycles. The molecule has 1 heterocycles. The molecule has 0 N–H and O–H groups in total. The predicted octanol–water partition coefficient (Wildman–Crippen LogP) is 1.31. The normalized spacial score (nSPS) is 21.1. The highest BCUT2D eigenvalue weighted by atomic mass is 15.2. The van der Waals surface area contributed by atoms with Gasteiger partial charge in [-0.2, -0.15) is 5.26 Å². The third-order valence-electron chi connectivity index (χ3n) is 3.39. The highest BCUT2D eigenvalue weighted by molar-refractivity contribution is 5.02. The lowest BCUT2D eigenvalue weighted by Gasteiger charge is -2.40. The summed E-state index contributed by atoms with van der Waals surface area (Å²) < 4.78 is 0. The second-order valence-electron chi connectivity index (χ2n) is 4.82. The minimum atomic E-state index is -0.333. The van der Waals surface area contributed by atoms with E-state index in [1.165, 1.54) is 12.8 Å². The van der Waals surface area contributed by atoms with E-state index >= 15 is 0 Å². The Bertz CT molecular complexity index is 221. The van der Waals surface area contributed by atoms with Crippen LogP contribution >= 0.6 is 0 Å². The predicted molar refractivity (Wildman–Crippen MR) is 58.0 cm³/mol. The first kappa shape index (κ1) is 11.5. The van der Waals surface area contributed by atoms with E-state index in [4.69, 9.17) is 5.26 Å². The molecule has 1 aliphatic rings. The van der Waals surface area contributed by atoms with E-state index in [1.807, 2.05) is 13.8 Å². The van der Waals surface area contributed by atoms with Crippen LogP contribution in [0.1, 0.15) is 26.7 Å². The highest BCUT2D eigenvalue weighted by Gasteiger charge is 2.30. The molecule has 0 aromatic heterocycles. The molecule has 0 saturated carbocycles. The molecule has 0 aromatic rings. The van der Waals surface area contributed by atoms with Crippen molar-refractivity contribution in [2.75, 3.05) is 27.2 Å². The van der Waals surface area contributed by atoms with Crippen molar-refractivity contribution in [1.29, 1.82) is 5.26 Å². The van der Waals surface area contributed by atoms with Crippen molar-refractivity contribution in [2.24, 2.45) is 0 Å². The second kappa shape index (κ2) is 4.29. The van der Waals surface area contributed by atoms with Crippen LogP contribution in [0.5, 0.6) is 0 Å². The van der Waals surface area contributed by atoms with Gasteiger partial charge in [0.1, 0.15) is 5.54 Å². The van der Waals surface area contributed by atoms with E-state index in [9.17, 15) is 0 Å². The maximum absolute atomic E-state index is 9.05. The van der Waals surface area contributed by atoms with E-state index in [1.54, 1.807) is 0 Å². The second-order valence-corrected chi connectivity index (χ2v) is 4.82. The molecule has 0 radical (unpaired) electrons. The van der Waals surface area contributed by atoms with Gasteiger partial charge in [-0.3, -0.25) is 4.90 Å². The Morgan fingerprint density at radius 3 is 2.29 bits per heavy atom. The first-order valence-electron chi connectivity index (χ1n) is 5.30. The molecule has 0 unspecified atom stereocenters. The van der Waals surface area contributed by atoms with Crippen LogP contribution in [0, 0.1) is 11.3 Å². The first-order chi connectivity index (χ1) is 6.47. The average Bonchev–Trinajstić information content (AvgIpc) is 2.18. The van der Waals surface area contributed by atoms with Gasteiger partial charge in [-0.1, -0.05) is 0 Å². The van der Waals surface area contributed by atoms with E-state index in [2.05, 4.69) is 30.0 Å². The minimum absolute atomic E-state index is 0.333. The van der Waals surface area contributed by atoms with Crippen molar-refractivity contribution in [1.82, 2.24) is 9.80 Å². The van der Waals surface area contributed by atoms with Gasteiger partial charge in [0.05, 0.1) is 6.07 Å². The molecule has 1 aliphatic heterocycles. The lowest BCUT2D eigenvalue weighted by atomic mass is 9.97. The summed E-state index contributed by atoms with van der Waals surface area (Å²) in [5.74, 6) is 0. The lowest BCUT2D eigenvalue weighted by molar-refractivity contribution is 0.0902. The number of piperidine rings is 1. The largest absolute Gasteiger partial charge is 0.306 e. The lowest BCUT2D eigenvalue weighted by Crippen LogP contribution is -2.50. The fraction of sp³-hybridized carbons (Fsp3) is 0.909. The van der Waals surface area contributed by atoms with Gasteiger partial charge in [-0.25, -0.2) is 0 Å². The van der Waals surface area contributed by atoms with E-state index in [0.717, 1.165) is 13.1 Å². The monoisotopic (exact) mass is 195 g/mol. The Morgan fingerprint density at radius 2 is 1.86 bits per heavy atom. The minimum Gasteiger partial charge on any atom is -0.306 e. The highest BCUT2D eigenvalue weighted by Crippen LogP contribution is 2.21. The van der Waals surface area contributed by atoms with Crippen LogP contribution in [0.4, 0.5) is 0 Å². The molecule has 0 spiro atoms. The molecule has 0 atom stereocenters. The van der Waals surface area contributed by atoms with Crippen LogP contribution < -0.4 is 0 Å². The third kappa shape index (κ3) is 2.46. The molecule has 14 heavy (non-hydrogen) atoms. The number of rotatable bonds is 2. The Balaban J connectivity index is 2.54. The maximum atomic E-state index is 9.05. The summed E-state index contributed by atoms with van der Waals surface area (Å²) in [5, 5.41) is 9.05. The van der Waals surface area contributed by atoms with Crippen molar-refractivity contribution >= 4 is 0 Å². The zero-order valence-electron chi connectivity index (χ0n) is 9.75. The van der Waals surface area contributed by atoms with Crippen molar-refractivity contribution in [3.8, 4) is 6.07 Å². The topological polar surface area (TPSA) is 30.3 Å². The van der Waals surface area contributed by atoms with Gasteiger partial charge in [-0.05, 0) is 53.9 Å². The number of likely N-dealkylation sites (tertiary alicyclic amines) is 1. The first-order valence-corrected chi connectivity index (χ1v) is 5.30. The van der Waals surface area contributed by atoms with Crippen LogP contribution in [-0.2, 0) is 0 Å². The number of hydrogen-bond acceptors (Lipinski definition) is 3. The maximum Gasteiger partial charge on any atom is 0.103 e. The molecule has 0 bridgehead atoms. The van der Waals surface area contributed by atoms with Crippen molar-refractivity contribution < 1.29 is 0 Å². The fourth-order valence-electron chi connectivity index (χ4n) is 1.92. The van der Waals surface area contributed by atoms with Gasteiger partial charge in [0.15, 0.2) is 0 Å². The van der Waals surface area contributed by atoms with Gasteiger partial charge in [0.2, 0.25) is 0 Å². The number of nitriles is 1. The van der Waals surface area contributed by atoms with Gasteiger partial charge in [0.25, 0.3) is 0 Å². The molecule has 0 amide bonds. The summed E-state index contributed by atoms with van der Waals surface area (Å²) >= 11 is 0. The van der Waals surface area contributed by atoms with Crippen LogP contribution in [-0.4, -0.2) is 48.6 Å². The van der Waals surface area contributed by atoms with Crippen molar-refractivity contribution in [3.05, 3.63) is 0 Å². The Morgan fingerprint density at radius 1 is 1.36 bits per heavy atom. The summed E-state index contributed by atoms with van der Waals surface area (Å²) in [6, 6.07) is 2.93. The van der Waals surface area contributed by atoms with Gasteiger partial charge >= 0.3 is 0 Å². The SMILES string of the molecule is CN1CCC(N(C)C(C)(C)C#N)CC1. The molecule has 0 aromatic carbocycles. The molecule has 80 valence electrons. The Kier molecular flexibility index (Phi) is 3.52. The number of hydrogen-bond donors (Lipinski definition) is 0. The van der Waals surface area contributed by atoms with Crippen LogP contribution in [0.3, 0.4) is 0 Å². The van der Waals surface area contributed by atoms with Crippen molar-refractivity contribution in [2.45, 2.75) is 38.3 Å². The summed E-state index contributed by atoms with van der Waals surface area (Å²) in [6.07, 6.45) is 2.36. The molecule has 3 heteroatoms. The van der Waals surface area contributed by atoms with Gasteiger partial charge in [0, 0.05) is 6.04 Å². The van der Waals surface area contributed by atoms with E-state index in [-0.39, 0.29) is 5.54 Å². The summed E-state index contributed by atoms with van der Waals surface area (Å²) in [5.41, 5.74) is -0.333. The smallest absolute Gasteiger partial charge is 0.103 e. The van der Waals surface area contributed by atoms with Gasteiger partial charge in [-0.15, -0.1) is 0 Å². The summed E-state index contributed by atoms with van der Waals surface area (Å²) in [6.45, 7) is 6.28. The van der Waals surface area contributed by atoms with Crippen LogP contribution in [0.15, 0.2) is 0 Å². The zero-order valence-corrected chi connectivity index (χ0v) is 9.75. The van der Waals surface area contributed by atoms with E-state index in [0.29, 0.717) is 6.04 Å². The molecule has 1 saturated heterocycles. The molecular weight excluding hydrogens is 174 g/mol. The average molecular weight is 195 g/mol. The summed E-state index contributed by atoms with van der Waals surface area (Å²) in [7, 11) is 4.23. The van der Waals surface area contributed by atoms with Gasteiger partial charge < -0.3 is 4.90 Å².